The summed E-state index contributed by atoms with van der Waals surface area (Å²) in [5.41, 5.74) is 0.250. The largest absolute Gasteiger partial charge is 0.496 e. The number of aliphatic hydroxyl groups excluding tert-OH is 1. The summed E-state index contributed by atoms with van der Waals surface area (Å²) in [4.78, 5) is 2.26. The maximum Gasteiger partial charge on any atom is 0.132 e. The average molecular weight is 297 g/mol. The van der Waals surface area contributed by atoms with Crippen molar-refractivity contribution in [1.82, 2.24) is 4.90 Å². The van der Waals surface area contributed by atoms with E-state index in [0.29, 0.717) is 12.2 Å². The number of methoxy groups -OCH3 is 1. The van der Waals surface area contributed by atoms with E-state index in [1.165, 1.54) is 13.2 Å². The molecule has 1 saturated heterocycles. The number of aliphatic hydroxyl groups is 1. The summed E-state index contributed by atoms with van der Waals surface area (Å²) in [6.45, 7) is 5.28. The first-order valence-electron chi connectivity index (χ1n) is 7.50. The van der Waals surface area contributed by atoms with E-state index < -0.39 is 11.9 Å². The summed E-state index contributed by atoms with van der Waals surface area (Å²) in [7, 11) is 1.48. The van der Waals surface area contributed by atoms with Crippen LogP contribution in [0.3, 0.4) is 0 Å². The number of hydrogen-bond donors (Lipinski definition) is 1. The van der Waals surface area contributed by atoms with Crippen LogP contribution in [0.15, 0.2) is 18.2 Å². The number of benzene rings is 1. The van der Waals surface area contributed by atoms with Gasteiger partial charge in [0.15, 0.2) is 0 Å². The van der Waals surface area contributed by atoms with Crippen molar-refractivity contribution < 1.29 is 19.0 Å². The van der Waals surface area contributed by atoms with Gasteiger partial charge in [-0.15, -0.1) is 0 Å². The summed E-state index contributed by atoms with van der Waals surface area (Å²) in [6, 6.07) is 4.60. The summed E-state index contributed by atoms with van der Waals surface area (Å²) in [5, 5.41) is 10.3. The molecule has 0 radical (unpaired) electrons. The van der Waals surface area contributed by atoms with Gasteiger partial charge in [-0.1, -0.05) is 13.0 Å². The van der Waals surface area contributed by atoms with Gasteiger partial charge in [-0.25, -0.2) is 4.39 Å². The number of morpholine rings is 1. The standard InChI is InChI=1S/C16H24FNO3/c1-3-12-11-18(9-10-21-12)8-7-14(19)16-13(17)5-4-6-15(16)20-2/h4-6,12,14,19H,3,7-11H2,1-2H3. The molecule has 1 heterocycles. The molecule has 5 heteroatoms. The SMILES string of the molecule is CCC1CN(CCC(O)c2c(F)cccc2OC)CCO1. The molecule has 1 N–H and O–H groups in total. The highest BCUT2D eigenvalue weighted by Gasteiger charge is 2.22. The van der Waals surface area contributed by atoms with Gasteiger partial charge in [0, 0.05) is 19.6 Å². The lowest BCUT2D eigenvalue weighted by Crippen LogP contribution is -2.42. The Labute approximate surface area is 125 Å². The van der Waals surface area contributed by atoms with Crippen LogP contribution in [0.2, 0.25) is 0 Å². The van der Waals surface area contributed by atoms with E-state index in [0.717, 1.165) is 32.7 Å². The van der Waals surface area contributed by atoms with Crippen LogP contribution in [-0.2, 0) is 4.74 Å². The molecule has 0 spiro atoms. The maximum absolute atomic E-state index is 13.9. The van der Waals surface area contributed by atoms with Gasteiger partial charge >= 0.3 is 0 Å². The number of nitrogens with zero attached hydrogens (tertiary/aromatic N) is 1. The monoisotopic (exact) mass is 297 g/mol. The molecule has 0 amide bonds. The highest BCUT2D eigenvalue weighted by molar-refractivity contribution is 5.36. The third-order valence-electron chi connectivity index (χ3n) is 3.96. The molecule has 0 aromatic heterocycles. The van der Waals surface area contributed by atoms with Crippen molar-refractivity contribution >= 4 is 0 Å². The summed E-state index contributed by atoms with van der Waals surface area (Å²) in [5.74, 6) is -0.0221. The zero-order chi connectivity index (χ0) is 15.2. The number of hydrogen-bond acceptors (Lipinski definition) is 4. The van der Waals surface area contributed by atoms with Crippen LogP contribution >= 0.6 is 0 Å². The molecular formula is C16H24FNO3. The third kappa shape index (κ3) is 4.15. The summed E-state index contributed by atoms with van der Waals surface area (Å²) in [6.07, 6.45) is 0.872. The fraction of sp³-hybridized carbons (Fsp3) is 0.625. The van der Waals surface area contributed by atoms with Crippen molar-refractivity contribution in [2.45, 2.75) is 32.0 Å². The van der Waals surface area contributed by atoms with E-state index in [1.54, 1.807) is 12.1 Å². The van der Waals surface area contributed by atoms with Crippen molar-refractivity contribution in [2.24, 2.45) is 0 Å². The second kappa shape index (κ2) is 7.73. The summed E-state index contributed by atoms with van der Waals surface area (Å²) < 4.78 is 24.7. The van der Waals surface area contributed by atoms with E-state index in [4.69, 9.17) is 9.47 Å². The molecule has 1 aromatic carbocycles. The smallest absolute Gasteiger partial charge is 0.132 e. The Morgan fingerprint density at radius 3 is 3.05 bits per heavy atom. The molecule has 1 aromatic rings. The van der Waals surface area contributed by atoms with Crippen LogP contribution in [-0.4, -0.2) is 49.5 Å². The highest BCUT2D eigenvalue weighted by atomic mass is 19.1. The van der Waals surface area contributed by atoms with Crippen LogP contribution in [0.25, 0.3) is 0 Å². The Kier molecular flexibility index (Phi) is 5.96. The van der Waals surface area contributed by atoms with Gasteiger partial charge in [0.1, 0.15) is 11.6 Å². The first kappa shape index (κ1) is 16.2. The van der Waals surface area contributed by atoms with Crippen LogP contribution in [0.4, 0.5) is 4.39 Å². The molecule has 118 valence electrons. The lowest BCUT2D eigenvalue weighted by molar-refractivity contribution is -0.0332. The predicted octanol–water partition coefficient (Wildman–Crippen LogP) is 2.37. The van der Waals surface area contributed by atoms with Crippen molar-refractivity contribution in [3.63, 3.8) is 0 Å². The molecule has 21 heavy (non-hydrogen) atoms. The first-order chi connectivity index (χ1) is 10.2. The van der Waals surface area contributed by atoms with Gasteiger partial charge in [-0.05, 0) is 25.0 Å². The fourth-order valence-corrected chi connectivity index (χ4v) is 2.70. The predicted molar refractivity (Wildman–Crippen MR) is 79.0 cm³/mol. The van der Waals surface area contributed by atoms with E-state index in [9.17, 15) is 9.50 Å². The Hall–Kier alpha value is -1.17. The van der Waals surface area contributed by atoms with Gasteiger partial charge in [-0.3, -0.25) is 4.90 Å². The van der Waals surface area contributed by atoms with Crippen molar-refractivity contribution in [1.29, 1.82) is 0 Å². The molecule has 0 bridgehead atoms. The Morgan fingerprint density at radius 2 is 2.33 bits per heavy atom. The molecule has 1 aliphatic heterocycles. The van der Waals surface area contributed by atoms with E-state index in [2.05, 4.69) is 11.8 Å². The minimum absolute atomic E-state index is 0.250. The average Bonchev–Trinajstić information content (AvgIpc) is 2.52. The topological polar surface area (TPSA) is 41.9 Å². The molecule has 1 aliphatic rings. The van der Waals surface area contributed by atoms with Crippen molar-refractivity contribution in [3.8, 4) is 5.75 Å². The van der Waals surface area contributed by atoms with Gasteiger partial charge in [0.25, 0.3) is 0 Å². The van der Waals surface area contributed by atoms with E-state index in [1.807, 2.05) is 0 Å². The van der Waals surface area contributed by atoms with Crippen molar-refractivity contribution in [3.05, 3.63) is 29.6 Å². The normalized spacial score (nSPS) is 21.2. The second-order valence-electron chi connectivity index (χ2n) is 5.36. The Balaban J connectivity index is 1.94. The zero-order valence-corrected chi connectivity index (χ0v) is 12.7. The van der Waals surface area contributed by atoms with Crippen LogP contribution < -0.4 is 4.74 Å². The minimum Gasteiger partial charge on any atom is -0.496 e. The van der Waals surface area contributed by atoms with E-state index >= 15 is 0 Å². The lowest BCUT2D eigenvalue weighted by atomic mass is 10.0. The third-order valence-corrected chi connectivity index (χ3v) is 3.96. The maximum atomic E-state index is 13.9. The molecule has 0 saturated carbocycles. The van der Waals surface area contributed by atoms with Crippen molar-refractivity contribution in [2.75, 3.05) is 33.4 Å². The van der Waals surface area contributed by atoms with Crippen LogP contribution in [0, 0.1) is 5.82 Å². The molecule has 0 aliphatic carbocycles. The summed E-state index contributed by atoms with van der Waals surface area (Å²) >= 11 is 0. The lowest BCUT2D eigenvalue weighted by Gasteiger charge is -2.33. The van der Waals surface area contributed by atoms with Gasteiger partial charge < -0.3 is 14.6 Å². The molecule has 4 nitrogen and oxygen atoms in total. The van der Waals surface area contributed by atoms with Crippen LogP contribution in [0.1, 0.15) is 31.4 Å². The molecule has 2 unspecified atom stereocenters. The second-order valence-corrected chi connectivity index (χ2v) is 5.36. The minimum atomic E-state index is -0.857. The molecular weight excluding hydrogens is 273 g/mol. The van der Waals surface area contributed by atoms with Gasteiger partial charge in [0.05, 0.1) is 31.5 Å². The zero-order valence-electron chi connectivity index (χ0n) is 12.7. The quantitative estimate of drug-likeness (QED) is 0.875. The van der Waals surface area contributed by atoms with Crippen LogP contribution in [0.5, 0.6) is 5.75 Å². The molecule has 2 rings (SSSR count). The van der Waals surface area contributed by atoms with Gasteiger partial charge in [-0.2, -0.15) is 0 Å². The number of rotatable bonds is 6. The first-order valence-corrected chi connectivity index (χ1v) is 7.50. The fourth-order valence-electron chi connectivity index (χ4n) is 2.70. The number of halogens is 1. The Bertz CT molecular complexity index is 455. The highest BCUT2D eigenvalue weighted by Crippen LogP contribution is 2.30. The van der Waals surface area contributed by atoms with E-state index in [-0.39, 0.29) is 11.7 Å². The number of ether oxygens (including phenoxy) is 2. The Morgan fingerprint density at radius 1 is 1.52 bits per heavy atom. The molecule has 1 fully saturated rings. The van der Waals surface area contributed by atoms with Gasteiger partial charge in [0.2, 0.25) is 0 Å². The molecule has 2 atom stereocenters.